The van der Waals surface area contributed by atoms with Crippen LogP contribution in [0.4, 0.5) is 0 Å². The molecule has 1 aromatic rings. The molecule has 3 heterocycles. The van der Waals surface area contributed by atoms with E-state index in [1.54, 1.807) is 25.5 Å². The van der Waals surface area contributed by atoms with Gasteiger partial charge in [-0.15, -0.1) is 0 Å². The lowest BCUT2D eigenvalue weighted by Gasteiger charge is -2.66. The minimum atomic E-state index is -1.77. The van der Waals surface area contributed by atoms with Gasteiger partial charge in [0.25, 0.3) is 0 Å². The Labute approximate surface area is 250 Å². The van der Waals surface area contributed by atoms with Gasteiger partial charge in [0.05, 0.1) is 37.4 Å². The lowest BCUT2D eigenvalue weighted by Crippen LogP contribution is -2.75. The van der Waals surface area contributed by atoms with Crippen molar-refractivity contribution < 1.29 is 52.7 Å². The normalized spacial score (nSPS) is 52.5. The Morgan fingerprint density at radius 2 is 1.60 bits per heavy atom. The van der Waals surface area contributed by atoms with Crippen LogP contribution in [0.15, 0.2) is 23.0 Å². The van der Waals surface area contributed by atoms with E-state index >= 15 is 0 Å². The number of carbonyl (C=O) groups excluding carboxylic acids is 3. The Balaban J connectivity index is 1.43. The van der Waals surface area contributed by atoms with Gasteiger partial charge in [0.2, 0.25) is 0 Å². The summed E-state index contributed by atoms with van der Waals surface area (Å²) in [5.74, 6) is -2.51. The highest BCUT2D eigenvalue weighted by molar-refractivity contribution is 5.67. The molecule has 1 aromatic heterocycles. The van der Waals surface area contributed by atoms with Crippen molar-refractivity contribution in [3.8, 4) is 0 Å². The van der Waals surface area contributed by atoms with Crippen LogP contribution in [0, 0.1) is 28.1 Å². The summed E-state index contributed by atoms with van der Waals surface area (Å²) in [7, 11) is 0. The van der Waals surface area contributed by atoms with E-state index in [0.29, 0.717) is 12.8 Å². The molecule has 2 saturated heterocycles. The predicted molar refractivity (Wildman–Crippen MR) is 146 cm³/mol. The van der Waals surface area contributed by atoms with Crippen molar-refractivity contribution >= 4 is 17.9 Å². The van der Waals surface area contributed by atoms with Crippen LogP contribution < -0.4 is 0 Å². The molecule has 43 heavy (non-hydrogen) atoms. The first-order valence-corrected chi connectivity index (χ1v) is 15.4. The van der Waals surface area contributed by atoms with Crippen molar-refractivity contribution in [2.75, 3.05) is 6.61 Å². The molecular weight excluding hydrogens is 560 g/mol. The van der Waals surface area contributed by atoms with Gasteiger partial charge in [-0.2, -0.15) is 0 Å². The summed E-state index contributed by atoms with van der Waals surface area (Å²) in [5.41, 5.74) is -5.24. The fraction of sp³-hybridized carbons (Fsp3) is 0.781. The van der Waals surface area contributed by atoms with Crippen LogP contribution in [0.3, 0.4) is 0 Å². The molecule has 236 valence electrons. The van der Waals surface area contributed by atoms with Crippen molar-refractivity contribution in [2.24, 2.45) is 28.1 Å². The molecule has 6 aliphatic rings. The maximum Gasteiger partial charge on any atom is 0.302 e. The highest BCUT2D eigenvalue weighted by Gasteiger charge is 2.88. The first-order chi connectivity index (χ1) is 20.1. The van der Waals surface area contributed by atoms with E-state index in [9.17, 15) is 24.6 Å². The Kier molecular flexibility index (Phi) is 6.16. The highest BCUT2D eigenvalue weighted by Crippen LogP contribution is 2.79. The van der Waals surface area contributed by atoms with Crippen LogP contribution in [-0.4, -0.2) is 82.6 Å². The zero-order chi connectivity index (χ0) is 30.9. The molecule has 0 radical (unpaired) electrons. The van der Waals surface area contributed by atoms with Gasteiger partial charge < -0.3 is 38.3 Å². The molecule has 1 spiro atoms. The molecule has 4 saturated carbocycles. The summed E-state index contributed by atoms with van der Waals surface area (Å²) in [6.07, 6.45) is 0.570. The molecule has 0 unspecified atom stereocenters. The number of furan rings is 1. The molecule has 2 aliphatic heterocycles. The number of fused-ring (bicyclic) bond motifs is 3. The highest BCUT2D eigenvalue weighted by atomic mass is 16.6. The van der Waals surface area contributed by atoms with Crippen LogP contribution >= 0.6 is 0 Å². The number of aliphatic hydroxyl groups is 2. The fourth-order valence-electron chi connectivity index (χ4n) is 11.5. The molecule has 11 heteroatoms. The van der Waals surface area contributed by atoms with Crippen molar-refractivity contribution in [3.05, 3.63) is 24.2 Å². The molecule has 0 bridgehead atoms. The zero-order valence-corrected chi connectivity index (χ0v) is 25.5. The molecule has 7 rings (SSSR count). The van der Waals surface area contributed by atoms with Crippen LogP contribution in [-0.2, 0) is 38.1 Å². The second kappa shape index (κ2) is 9.05. The van der Waals surface area contributed by atoms with Crippen molar-refractivity contribution in [3.63, 3.8) is 0 Å². The van der Waals surface area contributed by atoms with E-state index in [-0.39, 0.29) is 25.4 Å². The molecule has 4 aliphatic carbocycles. The van der Waals surface area contributed by atoms with Crippen molar-refractivity contribution in [1.29, 1.82) is 0 Å². The zero-order valence-electron chi connectivity index (χ0n) is 25.5. The molecular formula is C32H42O11. The second-order valence-corrected chi connectivity index (χ2v) is 14.6. The topological polar surface area (TPSA) is 151 Å². The van der Waals surface area contributed by atoms with E-state index < -0.39 is 93.8 Å². The summed E-state index contributed by atoms with van der Waals surface area (Å²) in [4.78, 5) is 37.2. The summed E-state index contributed by atoms with van der Waals surface area (Å²) in [6, 6.07) is 1.79. The molecule has 14 atom stereocenters. The number of hydrogen-bond acceptors (Lipinski definition) is 11. The number of hydrogen-bond donors (Lipinski definition) is 2. The summed E-state index contributed by atoms with van der Waals surface area (Å²) in [6.45, 7) is 10.2. The number of ether oxygens (including phenoxy) is 5. The molecule has 0 amide bonds. The quantitative estimate of drug-likeness (QED) is 0.387. The van der Waals surface area contributed by atoms with E-state index in [0.717, 1.165) is 5.56 Å². The van der Waals surface area contributed by atoms with Gasteiger partial charge >= 0.3 is 17.9 Å². The number of carbonyl (C=O) groups is 3. The van der Waals surface area contributed by atoms with Gasteiger partial charge in [0.1, 0.15) is 29.5 Å². The maximum absolute atomic E-state index is 13.2. The van der Waals surface area contributed by atoms with Crippen molar-refractivity contribution in [1.82, 2.24) is 0 Å². The number of esters is 3. The van der Waals surface area contributed by atoms with Gasteiger partial charge in [0.15, 0.2) is 0 Å². The fourth-order valence-corrected chi connectivity index (χ4v) is 11.5. The van der Waals surface area contributed by atoms with Crippen LogP contribution in [0.2, 0.25) is 0 Å². The Hall–Kier alpha value is -2.47. The van der Waals surface area contributed by atoms with Gasteiger partial charge in [-0.25, -0.2) is 0 Å². The smallest absolute Gasteiger partial charge is 0.302 e. The predicted octanol–water partition coefficient (Wildman–Crippen LogP) is 2.65. The van der Waals surface area contributed by atoms with E-state index in [2.05, 4.69) is 13.8 Å². The van der Waals surface area contributed by atoms with Crippen LogP contribution in [0.25, 0.3) is 0 Å². The largest absolute Gasteiger partial charge is 0.472 e. The average Bonchev–Trinajstić information content (AvgIpc) is 3.69. The monoisotopic (exact) mass is 602 g/mol. The van der Waals surface area contributed by atoms with Crippen LogP contribution in [0.1, 0.15) is 78.7 Å². The lowest BCUT2D eigenvalue weighted by atomic mass is 9.38. The Morgan fingerprint density at radius 3 is 2.23 bits per heavy atom. The van der Waals surface area contributed by atoms with E-state index in [1.165, 1.54) is 20.8 Å². The minimum absolute atomic E-state index is 0.252. The minimum Gasteiger partial charge on any atom is -0.472 e. The van der Waals surface area contributed by atoms with E-state index in [4.69, 9.17) is 28.1 Å². The first-order valence-electron chi connectivity index (χ1n) is 15.4. The lowest BCUT2D eigenvalue weighted by molar-refractivity contribution is -0.280. The van der Waals surface area contributed by atoms with E-state index in [1.807, 2.05) is 0 Å². The molecule has 0 aromatic carbocycles. The third-order valence-corrected chi connectivity index (χ3v) is 12.7. The maximum atomic E-state index is 13.2. The van der Waals surface area contributed by atoms with Gasteiger partial charge in [-0.1, -0.05) is 13.8 Å². The van der Waals surface area contributed by atoms with Gasteiger partial charge in [0, 0.05) is 55.3 Å². The average molecular weight is 603 g/mol. The van der Waals surface area contributed by atoms with Gasteiger partial charge in [-0.3, -0.25) is 14.4 Å². The first kappa shape index (κ1) is 29.3. The molecule has 11 nitrogen and oxygen atoms in total. The summed E-state index contributed by atoms with van der Waals surface area (Å²) >= 11 is 0. The Morgan fingerprint density at radius 1 is 0.930 bits per heavy atom. The molecule has 6 fully saturated rings. The molecule has 2 N–H and O–H groups in total. The summed E-state index contributed by atoms with van der Waals surface area (Å²) < 4.78 is 36.8. The van der Waals surface area contributed by atoms with Crippen LogP contribution in [0.5, 0.6) is 0 Å². The van der Waals surface area contributed by atoms with Crippen molar-refractivity contribution in [2.45, 2.75) is 121 Å². The third kappa shape index (κ3) is 3.42. The Bertz CT molecular complexity index is 1340. The van der Waals surface area contributed by atoms with Gasteiger partial charge in [-0.05, 0) is 43.7 Å². The second-order valence-electron chi connectivity index (χ2n) is 14.6. The standard InChI is InChI=1S/C32H42O11/c1-15(33)40-19-9-21-29(5)23(42-17(3)35)11-22(41-16(2)34)28(4)14-39-25(26(28)29)27-31(21,12-19)32(37)24(43-27)10-20(30(32,6)36)18-7-8-38-13-18/h7-8,13,19-27,36-37H,9-12,14H2,1-6H3/t19-,20-,21+,22+,23-,24-,25+,26-,27+,28+,29-,30-,31-,32+/m0/s1. The SMILES string of the molecule is CC(=O)O[C@H]1C[C@@H]2[C@@]3(C)[C@@H](OC(C)=O)C[C@@H](OC(C)=O)[C@@]4(C)CO[C@@H]([C@H]5O[C@H]6C[C@@H](c7ccoc7)[C@](C)(O)[C@@]6(O)[C@]52C1)[C@@H]43. The third-order valence-electron chi connectivity index (χ3n) is 12.7. The number of rotatable bonds is 4. The summed E-state index contributed by atoms with van der Waals surface area (Å²) in [5, 5.41) is 25.7.